The van der Waals surface area contributed by atoms with Gasteiger partial charge < -0.3 is 20.9 Å². The number of rotatable bonds is 4. The first-order chi connectivity index (χ1) is 13.6. The smallest absolute Gasteiger partial charge is 0.160 e. The lowest BCUT2D eigenvalue weighted by atomic mass is 10.2. The van der Waals surface area contributed by atoms with Crippen molar-refractivity contribution in [2.45, 2.75) is 6.92 Å². The van der Waals surface area contributed by atoms with Crippen LogP contribution in [-0.4, -0.2) is 41.1 Å². The van der Waals surface area contributed by atoms with Gasteiger partial charge in [0, 0.05) is 31.9 Å². The first-order valence-electron chi connectivity index (χ1n) is 9.17. The molecule has 1 saturated heterocycles. The molecule has 0 aliphatic carbocycles. The highest BCUT2D eigenvalue weighted by Crippen LogP contribution is 2.29. The van der Waals surface area contributed by atoms with Crippen LogP contribution in [0, 0.1) is 12.7 Å². The molecule has 7 nitrogen and oxygen atoms in total. The topological polar surface area (TPSA) is 83.2 Å². The summed E-state index contributed by atoms with van der Waals surface area (Å²) in [6.07, 6.45) is 1.49. The summed E-state index contributed by atoms with van der Waals surface area (Å²) in [5, 5.41) is 3.16. The summed E-state index contributed by atoms with van der Waals surface area (Å²) in [6.45, 7) is 4.68. The van der Waals surface area contributed by atoms with Gasteiger partial charge in [-0.3, -0.25) is 0 Å². The SMILES string of the molecule is Cc1cccc(Nc2ncnc(N3CCN(c4ccccc4F)CC3)c2N)n1. The number of aryl methyl sites for hydroxylation is 1. The summed E-state index contributed by atoms with van der Waals surface area (Å²) >= 11 is 0. The average molecular weight is 379 g/mol. The van der Waals surface area contributed by atoms with Gasteiger partial charge in [-0.15, -0.1) is 0 Å². The monoisotopic (exact) mass is 379 g/mol. The molecule has 0 bridgehead atoms. The molecule has 0 atom stereocenters. The van der Waals surface area contributed by atoms with E-state index in [1.165, 1.54) is 12.4 Å². The van der Waals surface area contributed by atoms with Crippen LogP contribution in [0.15, 0.2) is 48.8 Å². The molecule has 3 heterocycles. The molecule has 1 aliphatic heterocycles. The maximum Gasteiger partial charge on any atom is 0.160 e. The van der Waals surface area contributed by atoms with Crippen LogP contribution in [0.3, 0.4) is 0 Å². The van der Waals surface area contributed by atoms with Crippen molar-refractivity contribution < 1.29 is 4.39 Å². The molecule has 1 aliphatic rings. The third-order valence-electron chi connectivity index (χ3n) is 4.77. The molecule has 8 heteroatoms. The number of benzene rings is 1. The van der Waals surface area contributed by atoms with Crippen molar-refractivity contribution in [3.63, 3.8) is 0 Å². The molecule has 0 saturated carbocycles. The van der Waals surface area contributed by atoms with Crippen LogP contribution < -0.4 is 20.9 Å². The normalized spacial score (nSPS) is 14.2. The Morgan fingerprint density at radius 1 is 0.964 bits per heavy atom. The van der Waals surface area contributed by atoms with Gasteiger partial charge in [-0.2, -0.15) is 0 Å². The lowest BCUT2D eigenvalue weighted by Crippen LogP contribution is -2.47. The van der Waals surface area contributed by atoms with E-state index < -0.39 is 0 Å². The molecule has 1 aromatic carbocycles. The number of anilines is 5. The van der Waals surface area contributed by atoms with Crippen molar-refractivity contribution in [1.29, 1.82) is 0 Å². The maximum absolute atomic E-state index is 14.0. The van der Waals surface area contributed by atoms with Crippen LogP contribution >= 0.6 is 0 Å². The number of nitrogens with two attached hydrogens (primary N) is 1. The van der Waals surface area contributed by atoms with Gasteiger partial charge in [-0.25, -0.2) is 19.3 Å². The lowest BCUT2D eigenvalue weighted by Gasteiger charge is -2.37. The largest absolute Gasteiger partial charge is 0.393 e. The summed E-state index contributed by atoms with van der Waals surface area (Å²) in [6, 6.07) is 12.6. The van der Waals surface area contributed by atoms with E-state index in [-0.39, 0.29) is 5.82 Å². The minimum absolute atomic E-state index is 0.199. The zero-order chi connectivity index (χ0) is 19.5. The predicted octanol–water partition coefficient (Wildman–Crippen LogP) is 2.97. The van der Waals surface area contributed by atoms with E-state index in [0.717, 1.165) is 5.69 Å². The lowest BCUT2D eigenvalue weighted by molar-refractivity contribution is 0.596. The molecule has 2 aromatic heterocycles. The number of hydrogen-bond donors (Lipinski definition) is 2. The fourth-order valence-corrected chi connectivity index (χ4v) is 3.34. The van der Waals surface area contributed by atoms with Crippen molar-refractivity contribution in [1.82, 2.24) is 15.0 Å². The summed E-state index contributed by atoms with van der Waals surface area (Å²) in [5.74, 6) is 1.69. The van der Waals surface area contributed by atoms with Crippen molar-refractivity contribution in [2.75, 3.05) is 47.0 Å². The van der Waals surface area contributed by atoms with Gasteiger partial charge in [0.05, 0.1) is 5.69 Å². The molecule has 3 N–H and O–H groups in total. The highest BCUT2D eigenvalue weighted by molar-refractivity contribution is 5.77. The molecule has 4 rings (SSSR count). The van der Waals surface area contributed by atoms with Crippen molar-refractivity contribution in [3.05, 3.63) is 60.3 Å². The van der Waals surface area contributed by atoms with Gasteiger partial charge >= 0.3 is 0 Å². The summed E-state index contributed by atoms with van der Waals surface area (Å²) in [5.41, 5.74) is 8.35. The molecule has 0 radical (unpaired) electrons. The zero-order valence-electron chi connectivity index (χ0n) is 15.6. The summed E-state index contributed by atoms with van der Waals surface area (Å²) < 4.78 is 14.0. The van der Waals surface area contributed by atoms with E-state index in [9.17, 15) is 4.39 Å². The van der Waals surface area contributed by atoms with E-state index >= 15 is 0 Å². The van der Waals surface area contributed by atoms with Gasteiger partial charge in [0.2, 0.25) is 0 Å². The zero-order valence-corrected chi connectivity index (χ0v) is 15.6. The average Bonchev–Trinajstić information content (AvgIpc) is 2.70. The van der Waals surface area contributed by atoms with Crippen LogP contribution in [0.4, 0.5) is 33.2 Å². The van der Waals surface area contributed by atoms with Crippen LogP contribution in [0.1, 0.15) is 5.69 Å². The fourth-order valence-electron chi connectivity index (χ4n) is 3.34. The molecular formula is C20H22FN7. The van der Waals surface area contributed by atoms with E-state index in [1.54, 1.807) is 12.1 Å². The van der Waals surface area contributed by atoms with Crippen LogP contribution in [0.5, 0.6) is 0 Å². The van der Waals surface area contributed by atoms with Crippen LogP contribution in [-0.2, 0) is 0 Å². The Hall–Kier alpha value is -3.42. The molecule has 0 spiro atoms. The molecule has 3 aromatic rings. The first-order valence-corrected chi connectivity index (χ1v) is 9.17. The Labute approximate surface area is 163 Å². The molecule has 1 fully saturated rings. The van der Waals surface area contributed by atoms with E-state index in [2.05, 4.69) is 25.2 Å². The van der Waals surface area contributed by atoms with Gasteiger partial charge in [0.15, 0.2) is 11.6 Å². The summed E-state index contributed by atoms with van der Waals surface area (Å²) in [4.78, 5) is 17.2. The van der Waals surface area contributed by atoms with Crippen LogP contribution in [0.2, 0.25) is 0 Å². The van der Waals surface area contributed by atoms with E-state index in [1.807, 2.05) is 36.1 Å². The third kappa shape index (κ3) is 3.66. The number of para-hydroxylation sites is 1. The minimum Gasteiger partial charge on any atom is -0.393 e. The number of nitrogen functional groups attached to an aromatic ring is 1. The number of halogens is 1. The number of nitrogens with zero attached hydrogens (tertiary/aromatic N) is 5. The van der Waals surface area contributed by atoms with E-state index in [4.69, 9.17) is 5.73 Å². The Kier molecular flexibility index (Phi) is 4.92. The quantitative estimate of drug-likeness (QED) is 0.721. The molecule has 144 valence electrons. The number of piperazine rings is 1. The Morgan fingerprint density at radius 2 is 1.71 bits per heavy atom. The van der Waals surface area contributed by atoms with Crippen LogP contribution in [0.25, 0.3) is 0 Å². The Balaban J connectivity index is 1.49. The van der Waals surface area contributed by atoms with Crippen molar-refractivity contribution in [2.24, 2.45) is 0 Å². The van der Waals surface area contributed by atoms with Gasteiger partial charge in [-0.1, -0.05) is 18.2 Å². The number of nitrogens with one attached hydrogen (secondary N) is 1. The van der Waals surface area contributed by atoms with Gasteiger partial charge in [-0.05, 0) is 31.2 Å². The second-order valence-corrected chi connectivity index (χ2v) is 6.67. The number of aromatic nitrogens is 3. The van der Waals surface area contributed by atoms with Gasteiger partial charge in [0.1, 0.15) is 23.6 Å². The first kappa shape index (κ1) is 18.0. The van der Waals surface area contributed by atoms with Crippen molar-refractivity contribution in [3.8, 4) is 0 Å². The van der Waals surface area contributed by atoms with Gasteiger partial charge in [0.25, 0.3) is 0 Å². The summed E-state index contributed by atoms with van der Waals surface area (Å²) in [7, 11) is 0. The number of hydrogen-bond acceptors (Lipinski definition) is 7. The fraction of sp³-hybridized carbons (Fsp3) is 0.250. The van der Waals surface area contributed by atoms with E-state index in [0.29, 0.717) is 55.0 Å². The highest BCUT2D eigenvalue weighted by Gasteiger charge is 2.22. The third-order valence-corrected chi connectivity index (χ3v) is 4.77. The number of pyridine rings is 1. The minimum atomic E-state index is -0.199. The standard InChI is InChI=1S/C20H22FN7/c1-14-5-4-8-17(25-14)26-19-18(22)20(24-13-23-19)28-11-9-27(10-12-28)16-7-3-2-6-15(16)21/h2-8,13H,9-12,22H2,1H3,(H,23,24,25,26). The second kappa shape index (κ2) is 7.67. The molecule has 28 heavy (non-hydrogen) atoms. The Bertz CT molecular complexity index is 970. The molecule has 0 amide bonds. The second-order valence-electron chi connectivity index (χ2n) is 6.67. The van der Waals surface area contributed by atoms with Crippen molar-refractivity contribution >= 4 is 28.8 Å². The molecular weight excluding hydrogens is 357 g/mol. The predicted molar refractivity (Wildman–Crippen MR) is 110 cm³/mol. The maximum atomic E-state index is 14.0. The molecule has 0 unspecified atom stereocenters. The highest BCUT2D eigenvalue weighted by atomic mass is 19.1. The Morgan fingerprint density at radius 3 is 2.46 bits per heavy atom.